The zero-order valence-corrected chi connectivity index (χ0v) is 17.4. The Morgan fingerprint density at radius 3 is 2.23 bits per heavy atom. The van der Waals surface area contributed by atoms with Gasteiger partial charge in [-0.05, 0) is 71.0 Å². The Labute approximate surface area is 182 Å². The Morgan fingerprint density at radius 2 is 1.48 bits per heavy atom. The summed E-state index contributed by atoms with van der Waals surface area (Å²) in [4.78, 5) is 12.7. The summed E-state index contributed by atoms with van der Waals surface area (Å²) in [5.74, 6) is 3.26. The lowest BCUT2D eigenvalue weighted by molar-refractivity contribution is -0.136. The van der Waals surface area contributed by atoms with Gasteiger partial charge in [0.15, 0.2) is 0 Å². The van der Waals surface area contributed by atoms with Crippen LogP contribution in [-0.4, -0.2) is 13.1 Å². The fourth-order valence-electron chi connectivity index (χ4n) is 6.26. The molecule has 0 radical (unpaired) electrons. The number of rotatable bonds is 4. The van der Waals surface area contributed by atoms with Crippen LogP contribution in [0.15, 0.2) is 90.5 Å². The number of para-hydroxylation sites is 1. The maximum Gasteiger partial charge on any atom is 0.333 e. The number of ether oxygens (including phenoxy) is 2. The zero-order valence-electron chi connectivity index (χ0n) is 17.4. The van der Waals surface area contributed by atoms with E-state index in [0.717, 1.165) is 23.5 Å². The molecule has 3 nitrogen and oxygen atoms in total. The Balaban J connectivity index is 1.39. The largest absolute Gasteiger partial charge is 0.466 e. The van der Waals surface area contributed by atoms with E-state index in [1.54, 1.807) is 0 Å². The molecule has 0 heterocycles. The molecule has 3 aliphatic rings. The first-order valence-corrected chi connectivity index (χ1v) is 11.0. The zero-order chi connectivity index (χ0) is 20.9. The van der Waals surface area contributed by atoms with Crippen LogP contribution in [0.25, 0.3) is 0 Å². The van der Waals surface area contributed by atoms with E-state index >= 15 is 0 Å². The molecule has 2 bridgehead atoms. The molecule has 4 unspecified atom stereocenters. The van der Waals surface area contributed by atoms with Gasteiger partial charge in [0.05, 0.1) is 7.11 Å². The number of esters is 1. The number of allylic oxidation sites excluding steroid dienone is 1. The van der Waals surface area contributed by atoms with Gasteiger partial charge in [0.2, 0.25) is 0 Å². The lowest BCUT2D eigenvalue weighted by atomic mass is 9.75. The van der Waals surface area contributed by atoms with Crippen molar-refractivity contribution in [2.24, 2.45) is 11.8 Å². The van der Waals surface area contributed by atoms with E-state index < -0.39 is 0 Å². The molecule has 0 spiro atoms. The van der Waals surface area contributed by atoms with Crippen LogP contribution in [0, 0.1) is 11.8 Å². The summed E-state index contributed by atoms with van der Waals surface area (Å²) >= 11 is 0. The Hall–Kier alpha value is -3.33. The van der Waals surface area contributed by atoms with Crippen LogP contribution in [0.4, 0.5) is 0 Å². The monoisotopic (exact) mass is 408 g/mol. The number of hydrogen-bond acceptors (Lipinski definition) is 3. The van der Waals surface area contributed by atoms with Gasteiger partial charge in [-0.1, -0.05) is 60.7 Å². The van der Waals surface area contributed by atoms with E-state index in [-0.39, 0.29) is 17.8 Å². The summed E-state index contributed by atoms with van der Waals surface area (Å²) in [6, 6.07) is 27.0. The van der Waals surface area contributed by atoms with Crippen LogP contribution in [0.3, 0.4) is 0 Å². The second-order valence-electron chi connectivity index (χ2n) is 8.81. The SMILES string of the molecule is COC(=O)C1=CC2c3ccccc3C3C2CC1[C@H]3c1ccc(Oc2ccccc2)cc1. The van der Waals surface area contributed by atoms with Crippen molar-refractivity contribution in [3.8, 4) is 11.5 Å². The molecule has 0 saturated heterocycles. The van der Waals surface area contributed by atoms with Gasteiger partial charge in [-0.25, -0.2) is 4.79 Å². The third kappa shape index (κ3) is 2.83. The fraction of sp³-hybridized carbons (Fsp3) is 0.250. The third-order valence-electron chi connectivity index (χ3n) is 7.41. The van der Waals surface area contributed by atoms with Crippen LogP contribution in [0.1, 0.15) is 40.9 Å². The number of benzene rings is 3. The molecule has 31 heavy (non-hydrogen) atoms. The van der Waals surface area contributed by atoms with Crippen molar-refractivity contribution in [3.05, 3.63) is 107 Å². The Morgan fingerprint density at radius 1 is 0.806 bits per heavy atom. The highest BCUT2D eigenvalue weighted by molar-refractivity contribution is 5.90. The van der Waals surface area contributed by atoms with E-state index in [2.05, 4.69) is 42.5 Å². The maximum absolute atomic E-state index is 12.7. The van der Waals surface area contributed by atoms with Crippen LogP contribution in [0.2, 0.25) is 0 Å². The average Bonchev–Trinajstić information content (AvgIpc) is 3.30. The second-order valence-corrected chi connectivity index (χ2v) is 8.81. The molecule has 3 heteroatoms. The first kappa shape index (κ1) is 18.4. The molecule has 154 valence electrons. The smallest absolute Gasteiger partial charge is 0.333 e. The molecule has 3 aromatic rings. The van der Waals surface area contributed by atoms with Gasteiger partial charge in [-0.2, -0.15) is 0 Å². The van der Waals surface area contributed by atoms with Gasteiger partial charge < -0.3 is 9.47 Å². The quantitative estimate of drug-likeness (QED) is 0.483. The minimum Gasteiger partial charge on any atom is -0.466 e. The summed E-state index contributed by atoms with van der Waals surface area (Å²) in [5.41, 5.74) is 4.96. The molecular formula is C28H24O3. The van der Waals surface area contributed by atoms with Crippen molar-refractivity contribution in [3.63, 3.8) is 0 Å². The maximum atomic E-state index is 12.7. The standard InChI is InChI=1S/C28H24O3/c1-30-28(29)25-15-22-20-9-5-6-10-21(20)27-23(22)16-24(25)26(27)17-11-13-19(14-12-17)31-18-7-3-2-4-8-18/h2-15,22-24,26-27H,16H2,1H3/t22?,23?,24?,26-,27?/m1/s1. The highest BCUT2D eigenvalue weighted by Crippen LogP contribution is 2.67. The number of carbonyl (C=O) groups is 1. The van der Waals surface area contributed by atoms with E-state index in [0.29, 0.717) is 17.8 Å². The van der Waals surface area contributed by atoms with Gasteiger partial charge in [0.25, 0.3) is 0 Å². The molecule has 1 fully saturated rings. The normalized spacial score (nSPS) is 27.4. The van der Waals surface area contributed by atoms with Gasteiger partial charge in [0, 0.05) is 11.5 Å². The first-order chi connectivity index (χ1) is 15.2. The van der Waals surface area contributed by atoms with E-state index in [4.69, 9.17) is 9.47 Å². The van der Waals surface area contributed by atoms with Crippen LogP contribution >= 0.6 is 0 Å². The molecule has 6 rings (SSSR count). The van der Waals surface area contributed by atoms with Crippen molar-refractivity contribution in [1.29, 1.82) is 0 Å². The van der Waals surface area contributed by atoms with E-state index in [1.165, 1.54) is 23.8 Å². The fourth-order valence-corrected chi connectivity index (χ4v) is 6.26. The van der Waals surface area contributed by atoms with E-state index in [1.807, 2.05) is 42.5 Å². The number of fused-ring (bicyclic) bond motifs is 4. The highest BCUT2D eigenvalue weighted by atomic mass is 16.5. The summed E-state index contributed by atoms with van der Waals surface area (Å²) in [6.07, 6.45) is 3.24. The number of carbonyl (C=O) groups excluding carboxylic acids is 1. The van der Waals surface area contributed by atoms with Gasteiger partial charge in [-0.3, -0.25) is 0 Å². The minimum atomic E-state index is -0.178. The van der Waals surface area contributed by atoms with Crippen LogP contribution in [-0.2, 0) is 9.53 Å². The molecular weight excluding hydrogens is 384 g/mol. The molecule has 0 aliphatic heterocycles. The predicted molar refractivity (Wildman–Crippen MR) is 119 cm³/mol. The molecule has 0 N–H and O–H groups in total. The summed E-state index contributed by atoms with van der Waals surface area (Å²) in [6.45, 7) is 0. The van der Waals surface area contributed by atoms with Crippen LogP contribution in [0.5, 0.6) is 11.5 Å². The van der Waals surface area contributed by atoms with Gasteiger partial charge in [-0.15, -0.1) is 0 Å². The molecule has 0 amide bonds. The molecule has 0 aromatic heterocycles. The van der Waals surface area contributed by atoms with Crippen LogP contribution < -0.4 is 4.74 Å². The summed E-state index contributed by atoms with van der Waals surface area (Å²) in [5, 5.41) is 0. The lowest BCUT2D eigenvalue weighted by Crippen LogP contribution is -2.22. The lowest BCUT2D eigenvalue weighted by Gasteiger charge is -2.29. The highest BCUT2D eigenvalue weighted by Gasteiger charge is 2.56. The van der Waals surface area contributed by atoms with Crippen molar-refractivity contribution in [2.45, 2.75) is 24.2 Å². The molecule has 5 atom stereocenters. The van der Waals surface area contributed by atoms with Crippen molar-refractivity contribution >= 4 is 5.97 Å². The second kappa shape index (κ2) is 7.12. The van der Waals surface area contributed by atoms with Gasteiger partial charge >= 0.3 is 5.97 Å². The molecule has 3 aromatic carbocycles. The minimum absolute atomic E-state index is 0.178. The summed E-state index contributed by atoms with van der Waals surface area (Å²) in [7, 11) is 1.49. The third-order valence-corrected chi connectivity index (χ3v) is 7.41. The van der Waals surface area contributed by atoms with E-state index in [9.17, 15) is 4.79 Å². The van der Waals surface area contributed by atoms with Crippen molar-refractivity contribution in [1.82, 2.24) is 0 Å². The predicted octanol–water partition coefficient (Wildman–Crippen LogP) is 6.19. The Bertz CT molecular complexity index is 1160. The Kier molecular flexibility index (Phi) is 4.24. The topological polar surface area (TPSA) is 35.5 Å². The number of hydrogen-bond donors (Lipinski definition) is 0. The summed E-state index contributed by atoms with van der Waals surface area (Å²) < 4.78 is 11.2. The molecule has 1 saturated carbocycles. The van der Waals surface area contributed by atoms with Gasteiger partial charge in [0.1, 0.15) is 11.5 Å². The first-order valence-electron chi connectivity index (χ1n) is 11.0. The number of methoxy groups -OCH3 is 1. The molecule has 3 aliphatic carbocycles. The average molecular weight is 408 g/mol. The van der Waals surface area contributed by atoms with Crippen molar-refractivity contribution in [2.75, 3.05) is 7.11 Å². The van der Waals surface area contributed by atoms with Crippen molar-refractivity contribution < 1.29 is 14.3 Å².